The highest BCUT2D eigenvalue weighted by Gasteiger charge is 2.10. The van der Waals surface area contributed by atoms with Gasteiger partial charge < -0.3 is 4.74 Å². The van der Waals surface area contributed by atoms with E-state index < -0.39 is 0 Å². The van der Waals surface area contributed by atoms with Crippen LogP contribution >= 0.6 is 11.8 Å². The van der Waals surface area contributed by atoms with E-state index in [1.165, 1.54) is 18.2 Å². The molecule has 15 heavy (non-hydrogen) atoms. The fourth-order valence-corrected chi connectivity index (χ4v) is 2.57. The van der Waals surface area contributed by atoms with E-state index in [9.17, 15) is 0 Å². The molecule has 4 heteroatoms. The lowest BCUT2D eigenvalue weighted by atomic mass is 10.4. The van der Waals surface area contributed by atoms with Crippen LogP contribution in [0.4, 0.5) is 0 Å². The van der Waals surface area contributed by atoms with Crippen molar-refractivity contribution in [2.45, 2.75) is 6.42 Å². The van der Waals surface area contributed by atoms with Crippen molar-refractivity contribution in [3.63, 3.8) is 0 Å². The number of nitrogens with zero attached hydrogens (tertiary/aromatic N) is 2. The molecule has 1 fully saturated rings. The molecule has 0 atom stereocenters. The average Bonchev–Trinajstić information content (AvgIpc) is 2.79. The lowest BCUT2D eigenvalue weighted by molar-refractivity contribution is 0.268. The monoisotopic (exact) mass is 224 g/mol. The number of rotatable bonds is 5. The van der Waals surface area contributed by atoms with Crippen molar-refractivity contribution in [3.05, 3.63) is 24.5 Å². The second kappa shape index (κ2) is 5.98. The standard InChI is InChI=1S/C11H16N2OS/c1-3-11(9-12-4-1)14-7-2-5-13-6-8-15-10-13/h1,3-4,9H,2,5-8,10H2. The first kappa shape index (κ1) is 10.8. The number of pyridine rings is 1. The number of hydrogen-bond donors (Lipinski definition) is 0. The Labute approximate surface area is 94.8 Å². The van der Waals surface area contributed by atoms with Crippen molar-refractivity contribution in [3.8, 4) is 5.75 Å². The molecule has 1 aromatic rings. The Balaban J connectivity index is 1.59. The van der Waals surface area contributed by atoms with Gasteiger partial charge in [0, 0.05) is 30.9 Å². The molecule has 0 saturated carbocycles. The summed E-state index contributed by atoms with van der Waals surface area (Å²) in [4.78, 5) is 6.47. The molecule has 2 heterocycles. The summed E-state index contributed by atoms with van der Waals surface area (Å²) in [5, 5.41) is 0. The highest BCUT2D eigenvalue weighted by Crippen LogP contribution is 2.13. The maximum atomic E-state index is 5.57. The summed E-state index contributed by atoms with van der Waals surface area (Å²) in [6.07, 6.45) is 4.61. The summed E-state index contributed by atoms with van der Waals surface area (Å²) in [6.45, 7) is 3.16. The van der Waals surface area contributed by atoms with E-state index in [-0.39, 0.29) is 0 Å². The van der Waals surface area contributed by atoms with Gasteiger partial charge in [-0.2, -0.15) is 0 Å². The fraction of sp³-hybridized carbons (Fsp3) is 0.545. The molecule has 1 aliphatic heterocycles. The van der Waals surface area contributed by atoms with Gasteiger partial charge in [0.25, 0.3) is 0 Å². The number of aromatic nitrogens is 1. The lowest BCUT2D eigenvalue weighted by Gasteiger charge is -2.13. The van der Waals surface area contributed by atoms with Crippen molar-refractivity contribution in [2.24, 2.45) is 0 Å². The van der Waals surface area contributed by atoms with Crippen molar-refractivity contribution < 1.29 is 4.74 Å². The lowest BCUT2D eigenvalue weighted by Crippen LogP contribution is -2.22. The first-order valence-corrected chi connectivity index (χ1v) is 6.43. The smallest absolute Gasteiger partial charge is 0.137 e. The van der Waals surface area contributed by atoms with Crippen LogP contribution in [0.15, 0.2) is 24.5 Å². The normalized spacial score (nSPS) is 16.8. The predicted molar refractivity (Wildman–Crippen MR) is 63.2 cm³/mol. The molecule has 3 nitrogen and oxygen atoms in total. The molecule has 0 bridgehead atoms. The summed E-state index contributed by atoms with van der Waals surface area (Å²) >= 11 is 2.01. The van der Waals surface area contributed by atoms with E-state index in [0.29, 0.717) is 0 Å². The first-order valence-electron chi connectivity index (χ1n) is 5.28. The highest BCUT2D eigenvalue weighted by molar-refractivity contribution is 7.99. The largest absolute Gasteiger partial charge is 0.492 e. The molecule has 1 aliphatic rings. The van der Waals surface area contributed by atoms with Gasteiger partial charge in [-0.1, -0.05) is 0 Å². The summed E-state index contributed by atoms with van der Waals surface area (Å²) in [7, 11) is 0. The van der Waals surface area contributed by atoms with Crippen LogP contribution in [0.25, 0.3) is 0 Å². The summed E-state index contributed by atoms with van der Waals surface area (Å²) < 4.78 is 5.57. The van der Waals surface area contributed by atoms with Gasteiger partial charge >= 0.3 is 0 Å². The van der Waals surface area contributed by atoms with Crippen molar-refractivity contribution >= 4 is 11.8 Å². The zero-order valence-electron chi connectivity index (χ0n) is 8.76. The summed E-state index contributed by atoms with van der Waals surface area (Å²) in [5.41, 5.74) is 0. The Hall–Kier alpha value is -0.740. The quantitative estimate of drug-likeness (QED) is 0.713. The van der Waals surface area contributed by atoms with Gasteiger partial charge in [-0.05, 0) is 18.6 Å². The zero-order chi connectivity index (χ0) is 10.3. The topological polar surface area (TPSA) is 25.4 Å². The first-order chi connectivity index (χ1) is 7.45. The molecule has 0 unspecified atom stereocenters. The Bertz CT molecular complexity index is 275. The van der Waals surface area contributed by atoms with Crippen LogP contribution in [0, 0.1) is 0 Å². The van der Waals surface area contributed by atoms with Gasteiger partial charge in [-0.15, -0.1) is 11.8 Å². The molecule has 0 spiro atoms. The Morgan fingerprint density at radius 2 is 2.53 bits per heavy atom. The van der Waals surface area contributed by atoms with Gasteiger partial charge in [0.1, 0.15) is 5.75 Å². The van der Waals surface area contributed by atoms with E-state index in [1.54, 1.807) is 12.4 Å². The van der Waals surface area contributed by atoms with Crippen LogP contribution in [0.3, 0.4) is 0 Å². The molecule has 1 saturated heterocycles. The zero-order valence-corrected chi connectivity index (χ0v) is 9.58. The highest BCUT2D eigenvalue weighted by atomic mass is 32.2. The van der Waals surface area contributed by atoms with Crippen LogP contribution < -0.4 is 4.74 Å². The van der Waals surface area contributed by atoms with E-state index in [2.05, 4.69) is 9.88 Å². The van der Waals surface area contributed by atoms with E-state index in [4.69, 9.17) is 4.74 Å². The average molecular weight is 224 g/mol. The molecule has 0 amide bonds. The summed E-state index contributed by atoms with van der Waals surface area (Å²) in [6, 6.07) is 3.84. The minimum Gasteiger partial charge on any atom is -0.492 e. The Kier molecular flexibility index (Phi) is 4.29. The fourth-order valence-electron chi connectivity index (χ4n) is 1.54. The summed E-state index contributed by atoms with van der Waals surface area (Å²) in [5.74, 6) is 3.34. The number of ether oxygens (including phenoxy) is 1. The van der Waals surface area contributed by atoms with E-state index in [1.807, 2.05) is 23.9 Å². The minimum absolute atomic E-state index is 0.785. The molecule has 0 aliphatic carbocycles. The molecule has 2 rings (SSSR count). The second-order valence-electron chi connectivity index (χ2n) is 3.55. The molecule has 0 radical (unpaired) electrons. The Morgan fingerprint density at radius 3 is 3.27 bits per heavy atom. The molecule has 1 aromatic heterocycles. The predicted octanol–water partition coefficient (Wildman–Crippen LogP) is 1.86. The van der Waals surface area contributed by atoms with Crippen molar-refractivity contribution in [1.29, 1.82) is 0 Å². The van der Waals surface area contributed by atoms with Crippen LogP contribution in [0.2, 0.25) is 0 Å². The van der Waals surface area contributed by atoms with Gasteiger partial charge in [-0.3, -0.25) is 9.88 Å². The molecule has 0 N–H and O–H groups in total. The third kappa shape index (κ3) is 3.72. The van der Waals surface area contributed by atoms with Gasteiger partial charge in [0.15, 0.2) is 0 Å². The van der Waals surface area contributed by atoms with Crippen molar-refractivity contribution in [1.82, 2.24) is 9.88 Å². The maximum Gasteiger partial charge on any atom is 0.137 e. The van der Waals surface area contributed by atoms with Crippen LogP contribution in [-0.4, -0.2) is 41.2 Å². The minimum atomic E-state index is 0.785. The van der Waals surface area contributed by atoms with Gasteiger partial charge in [0.2, 0.25) is 0 Å². The van der Waals surface area contributed by atoms with Crippen molar-refractivity contribution in [2.75, 3.05) is 31.3 Å². The van der Waals surface area contributed by atoms with Gasteiger partial charge in [-0.25, -0.2) is 0 Å². The maximum absolute atomic E-state index is 5.57. The van der Waals surface area contributed by atoms with E-state index >= 15 is 0 Å². The van der Waals surface area contributed by atoms with E-state index in [0.717, 1.165) is 25.3 Å². The molecular weight excluding hydrogens is 208 g/mol. The number of thioether (sulfide) groups is 1. The number of hydrogen-bond acceptors (Lipinski definition) is 4. The van der Waals surface area contributed by atoms with Crippen LogP contribution in [0.1, 0.15) is 6.42 Å². The third-order valence-corrected chi connectivity index (χ3v) is 3.37. The van der Waals surface area contributed by atoms with Gasteiger partial charge in [0.05, 0.1) is 12.8 Å². The van der Waals surface area contributed by atoms with Crippen LogP contribution in [0.5, 0.6) is 5.75 Å². The molecular formula is C11H16N2OS. The molecule has 82 valence electrons. The third-order valence-electron chi connectivity index (χ3n) is 2.35. The molecule has 0 aromatic carbocycles. The second-order valence-corrected chi connectivity index (χ2v) is 4.62. The Morgan fingerprint density at radius 1 is 1.53 bits per heavy atom. The van der Waals surface area contributed by atoms with Crippen LogP contribution in [-0.2, 0) is 0 Å². The SMILES string of the molecule is c1cncc(OCCCN2CCSC2)c1.